The molecule has 5 rings (SSSR count). The molecule has 2 aliphatic rings. The van der Waals surface area contributed by atoms with E-state index >= 15 is 0 Å². The van der Waals surface area contributed by atoms with Gasteiger partial charge in [0.05, 0.1) is 11.3 Å². The number of anilines is 2. The number of likely N-dealkylation sites (tertiary alicyclic amines) is 1. The minimum atomic E-state index is 0. The maximum Gasteiger partial charge on any atom is 0.257 e. The van der Waals surface area contributed by atoms with E-state index < -0.39 is 0 Å². The second-order valence-electron chi connectivity index (χ2n) is 8.20. The normalized spacial score (nSPS) is 17.6. The SMILES string of the molecule is Cc1ccc2c(Nc3ccc4c(c3)OCCO4)c(C(=O)N3CCCCC3C)cnc2n1.Cl. The first kappa shape index (κ1) is 22.1. The van der Waals surface area contributed by atoms with Gasteiger partial charge in [0.1, 0.15) is 13.2 Å². The van der Waals surface area contributed by atoms with Crippen molar-refractivity contribution in [2.75, 3.05) is 25.1 Å². The third-order valence-electron chi connectivity index (χ3n) is 5.97. The number of halogens is 1. The average Bonchev–Trinajstić information content (AvgIpc) is 2.79. The third-order valence-corrected chi connectivity index (χ3v) is 5.97. The van der Waals surface area contributed by atoms with Crippen LogP contribution in [0.5, 0.6) is 11.5 Å². The van der Waals surface area contributed by atoms with Crippen LogP contribution in [0, 0.1) is 6.92 Å². The first-order chi connectivity index (χ1) is 15.1. The molecule has 7 nitrogen and oxygen atoms in total. The van der Waals surface area contributed by atoms with Gasteiger partial charge in [-0.05, 0) is 57.4 Å². The fourth-order valence-electron chi connectivity index (χ4n) is 4.29. The number of hydrogen-bond acceptors (Lipinski definition) is 6. The Kier molecular flexibility index (Phi) is 6.37. The Morgan fingerprint density at radius 1 is 1.12 bits per heavy atom. The summed E-state index contributed by atoms with van der Waals surface area (Å²) in [5, 5.41) is 4.27. The van der Waals surface area contributed by atoms with E-state index in [0.717, 1.165) is 54.0 Å². The Balaban J connectivity index is 0.00000245. The molecule has 0 saturated carbocycles. The lowest BCUT2D eigenvalue weighted by atomic mass is 10.0. The lowest BCUT2D eigenvalue weighted by Crippen LogP contribution is -2.42. The van der Waals surface area contributed by atoms with Crippen molar-refractivity contribution >= 4 is 40.7 Å². The number of nitrogens with one attached hydrogen (secondary N) is 1. The highest BCUT2D eigenvalue weighted by atomic mass is 35.5. The smallest absolute Gasteiger partial charge is 0.257 e. The number of carbonyl (C=O) groups is 1. The van der Waals surface area contributed by atoms with Gasteiger partial charge in [0, 0.05) is 41.6 Å². The van der Waals surface area contributed by atoms with Crippen LogP contribution in [0.2, 0.25) is 0 Å². The van der Waals surface area contributed by atoms with Crippen LogP contribution in [-0.4, -0.2) is 46.6 Å². The van der Waals surface area contributed by atoms with E-state index in [9.17, 15) is 4.79 Å². The number of aromatic nitrogens is 2. The number of hydrogen-bond donors (Lipinski definition) is 1. The Morgan fingerprint density at radius 2 is 1.94 bits per heavy atom. The summed E-state index contributed by atoms with van der Waals surface area (Å²) in [7, 11) is 0. The summed E-state index contributed by atoms with van der Waals surface area (Å²) in [4.78, 5) is 24.6. The van der Waals surface area contributed by atoms with Crippen molar-refractivity contribution < 1.29 is 14.3 Å². The third kappa shape index (κ3) is 4.17. The minimum Gasteiger partial charge on any atom is -0.486 e. The fraction of sp³-hybridized carbons (Fsp3) is 0.375. The number of ether oxygens (including phenoxy) is 2. The van der Waals surface area contributed by atoms with Crippen molar-refractivity contribution in [2.24, 2.45) is 0 Å². The van der Waals surface area contributed by atoms with Gasteiger partial charge in [-0.2, -0.15) is 0 Å². The van der Waals surface area contributed by atoms with E-state index in [0.29, 0.717) is 30.2 Å². The number of fused-ring (bicyclic) bond motifs is 2. The summed E-state index contributed by atoms with van der Waals surface area (Å²) in [5.74, 6) is 1.43. The Morgan fingerprint density at radius 3 is 2.75 bits per heavy atom. The standard InChI is InChI=1S/C24H26N4O3.ClH/c1-15-6-8-18-22(27-17-7-9-20-21(13-17)31-12-11-30-20)19(14-25-23(18)26-15)24(29)28-10-4-3-5-16(28)2;/h6-9,13-14,16H,3-5,10-12H2,1-2H3,(H,25,26,27);1H. The molecule has 2 aliphatic heterocycles. The van der Waals surface area contributed by atoms with Crippen LogP contribution in [-0.2, 0) is 0 Å². The predicted molar refractivity (Wildman–Crippen MR) is 127 cm³/mol. The van der Waals surface area contributed by atoms with E-state index in [1.807, 2.05) is 42.2 Å². The first-order valence-electron chi connectivity index (χ1n) is 10.8. The number of benzene rings is 1. The quantitative estimate of drug-likeness (QED) is 0.607. The van der Waals surface area contributed by atoms with Gasteiger partial charge in [0.2, 0.25) is 0 Å². The highest BCUT2D eigenvalue weighted by Gasteiger charge is 2.27. The van der Waals surface area contributed by atoms with Crippen LogP contribution in [0.25, 0.3) is 11.0 Å². The number of pyridine rings is 2. The molecule has 168 valence electrons. The van der Waals surface area contributed by atoms with Crippen molar-refractivity contribution in [3.8, 4) is 11.5 Å². The number of amides is 1. The number of rotatable bonds is 3. The molecule has 0 radical (unpaired) electrons. The fourth-order valence-corrected chi connectivity index (χ4v) is 4.29. The zero-order valence-electron chi connectivity index (χ0n) is 18.3. The molecular weight excluding hydrogens is 428 g/mol. The molecule has 1 unspecified atom stereocenters. The molecule has 0 aliphatic carbocycles. The van der Waals surface area contributed by atoms with Gasteiger partial charge in [-0.3, -0.25) is 4.79 Å². The van der Waals surface area contributed by atoms with Crippen LogP contribution in [0.3, 0.4) is 0 Å². The van der Waals surface area contributed by atoms with Crippen molar-refractivity contribution in [1.82, 2.24) is 14.9 Å². The second kappa shape index (κ2) is 9.20. The highest BCUT2D eigenvalue weighted by Crippen LogP contribution is 2.36. The average molecular weight is 455 g/mol. The summed E-state index contributed by atoms with van der Waals surface area (Å²) >= 11 is 0. The van der Waals surface area contributed by atoms with E-state index in [-0.39, 0.29) is 24.4 Å². The second-order valence-corrected chi connectivity index (χ2v) is 8.20. The van der Waals surface area contributed by atoms with E-state index in [1.54, 1.807) is 6.20 Å². The van der Waals surface area contributed by atoms with Gasteiger partial charge in [0.25, 0.3) is 5.91 Å². The number of aryl methyl sites for hydroxylation is 1. The summed E-state index contributed by atoms with van der Waals surface area (Å²) in [6, 6.07) is 9.85. The summed E-state index contributed by atoms with van der Waals surface area (Å²) in [6.07, 6.45) is 4.87. The topological polar surface area (TPSA) is 76.6 Å². The van der Waals surface area contributed by atoms with Gasteiger partial charge >= 0.3 is 0 Å². The minimum absolute atomic E-state index is 0. The van der Waals surface area contributed by atoms with Gasteiger partial charge in [0.15, 0.2) is 17.1 Å². The van der Waals surface area contributed by atoms with Gasteiger partial charge in [-0.1, -0.05) is 0 Å². The van der Waals surface area contributed by atoms with Crippen LogP contribution < -0.4 is 14.8 Å². The molecule has 32 heavy (non-hydrogen) atoms. The summed E-state index contributed by atoms with van der Waals surface area (Å²) in [5.41, 5.74) is 3.59. The predicted octanol–water partition coefficient (Wildman–Crippen LogP) is 4.89. The molecule has 0 bridgehead atoms. The molecule has 1 atom stereocenters. The van der Waals surface area contributed by atoms with E-state index in [4.69, 9.17) is 9.47 Å². The van der Waals surface area contributed by atoms with Gasteiger partial charge < -0.3 is 19.7 Å². The maximum atomic E-state index is 13.5. The number of piperidine rings is 1. The molecule has 2 aromatic heterocycles. The molecule has 1 N–H and O–H groups in total. The van der Waals surface area contributed by atoms with Crippen molar-refractivity contribution in [3.63, 3.8) is 0 Å². The summed E-state index contributed by atoms with van der Waals surface area (Å²) in [6.45, 7) is 5.89. The number of nitrogens with zero attached hydrogens (tertiary/aromatic N) is 3. The Labute approximate surface area is 193 Å². The first-order valence-corrected chi connectivity index (χ1v) is 10.8. The van der Waals surface area contributed by atoms with Crippen LogP contribution >= 0.6 is 12.4 Å². The van der Waals surface area contributed by atoms with Crippen LogP contribution in [0.4, 0.5) is 11.4 Å². The lowest BCUT2D eigenvalue weighted by Gasteiger charge is -2.34. The zero-order valence-corrected chi connectivity index (χ0v) is 19.1. The molecule has 1 fully saturated rings. The van der Waals surface area contributed by atoms with Crippen LogP contribution in [0.15, 0.2) is 36.5 Å². The lowest BCUT2D eigenvalue weighted by molar-refractivity contribution is 0.0636. The molecule has 4 heterocycles. The number of carbonyl (C=O) groups excluding carboxylic acids is 1. The van der Waals surface area contributed by atoms with Gasteiger partial charge in [-0.25, -0.2) is 9.97 Å². The van der Waals surface area contributed by atoms with Crippen molar-refractivity contribution in [2.45, 2.75) is 39.2 Å². The Bertz CT molecular complexity index is 1150. The van der Waals surface area contributed by atoms with Crippen molar-refractivity contribution in [1.29, 1.82) is 0 Å². The molecule has 1 saturated heterocycles. The molecule has 1 aromatic carbocycles. The monoisotopic (exact) mass is 454 g/mol. The van der Waals surface area contributed by atoms with Crippen LogP contribution in [0.1, 0.15) is 42.2 Å². The molecular formula is C24H27ClN4O3. The zero-order chi connectivity index (χ0) is 21.4. The molecule has 0 spiro atoms. The van der Waals surface area contributed by atoms with E-state index in [2.05, 4.69) is 22.2 Å². The highest BCUT2D eigenvalue weighted by molar-refractivity contribution is 6.07. The van der Waals surface area contributed by atoms with Crippen molar-refractivity contribution in [3.05, 3.63) is 47.8 Å². The Hall–Kier alpha value is -3.06. The summed E-state index contributed by atoms with van der Waals surface area (Å²) < 4.78 is 11.4. The molecule has 1 amide bonds. The maximum absolute atomic E-state index is 13.5. The molecule has 3 aromatic rings. The molecule has 8 heteroatoms. The van der Waals surface area contributed by atoms with E-state index in [1.165, 1.54) is 0 Å². The van der Waals surface area contributed by atoms with Gasteiger partial charge in [-0.15, -0.1) is 12.4 Å². The largest absolute Gasteiger partial charge is 0.486 e.